The van der Waals surface area contributed by atoms with E-state index in [1.54, 1.807) is 0 Å². The fourth-order valence-corrected chi connectivity index (χ4v) is 1.89. The summed E-state index contributed by atoms with van der Waals surface area (Å²) in [6.45, 7) is 0. The number of aliphatic hydroxyl groups excluding tert-OH is 1. The van der Waals surface area contributed by atoms with E-state index in [0.29, 0.717) is 24.1 Å². The first-order valence-corrected chi connectivity index (χ1v) is 4.55. The van der Waals surface area contributed by atoms with Crippen molar-refractivity contribution in [3.05, 3.63) is 21.7 Å². The number of nitrogens with one attached hydrogen (secondary N) is 1. The van der Waals surface area contributed by atoms with Crippen LogP contribution in [0.2, 0.25) is 0 Å². The topological polar surface area (TPSA) is 86.2 Å². The molecule has 1 heterocycles. The zero-order chi connectivity index (χ0) is 10.3. The van der Waals surface area contributed by atoms with Gasteiger partial charge in [-0.3, -0.25) is 0 Å². The highest BCUT2D eigenvalue weighted by molar-refractivity contribution is 7.71. The lowest BCUT2D eigenvalue weighted by atomic mass is 10.1. The maximum absolute atomic E-state index is 10.8. The van der Waals surface area contributed by atoms with Crippen molar-refractivity contribution in [3.63, 3.8) is 0 Å². The Balaban J connectivity index is 2.71. The zero-order valence-electron chi connectivity index (χ0n) is 7.15. The lowest BCUT2D eigenvalue weighted by Gasteiger charge is -2.06. The van der Waals surface area contributed by atoms with E-state index in [1.165, 1.54) is 0 Å². The van der Waals surface area contributed by atoms with Crippen LogP contribution in [-0.2, 0) is 6.42 Å². The van der Waals surface area contributed by atoms with Crippen molar-refractivity contribution in [2.45, 2.75) is 18.9 Å². The number of aromatic nitrogens is 2. The van der Waals surface area contributed by atoms with E-state index in [1.807, 2.05) is 0 Å². The Bertz CT molecular complexity index is 454. The highest BCUT2D eigenvalue weighted by atomic mass is 32.1. The molecule has 0 aliphatic heterocycles. The number of aromatic amines is 1. The summed E-state index contributed by atoms with van der Waals surface area (Å²) in [5.74, 6) is -1.15. The molecule has 0 saturated heterocycles. The predicted molar refractivity (Wildman–Crippen MR) is 49.7 cm³/mol. The molecule has 3 N–H and O–H groups in total. The Kier molecular flexibility index (Phi) is 2.09. The second-order valence-electron chi connectivity index (χ2n) is 3.14. The van der Waals surface area contributed by atoms with Gasteiger partial charge in [0.25, 0.3) is 0 Å². The minimum absolute atomic E-state index is 0.131. The largest absolute Gasteiger partial charge is 0.476 e. The zero-order valence-corrected chi connectivity index (χ0v) is 7.97. The van der Waals surface area contributed by atoms with Crippen LogP contribution in [0.3, 0.4) is 0 Å². The van der Waals surface area contributed by atoms with E-state index < -0.39 is 12.1 Å². The number of carboxylic acids is 1. The molecule has 1 aromatic rings. The number of carboxylic acid groups (broad SMARTS) is 1. The van der Waals surface area contributed by atoms with Crippen molar-refractivity contribution in [1.82, 2.24) is 9.97 Å². The number of aryl methyl sites for hydroxylation is 1. The second kappa shape index (κ2) is 3.14. The van der Waals surface area contributed by atoms with Gasteiger partial charge in [-0.15, -0.1) is 0 Å². The van der Waals surface area contributed by atoms with Gasteiger partial charge in [0, 0.05) is 11.3 Å². The molecule has 0 amide bonds. The van der Waals surface area contributed by atoms with Gasteiger partial charge >= 0.3 is 5.97 Å². The number of hydrogen-bond acceptors (Lipinski definition) is 4. The summed E-state index contributed by atoms with van der Waals surface area (Å²) in [6, 6.07) is 0. The van der Waals surface area contributed by atoms with Crippen LogP contribution in [0.1, 0.15) is 34.3 Å². The van der Waals surface area contributed by atoms with Crippen molar-refractivity contribution in [2.24, 2.45) is 0 Å². The minimum Gasteiger partial charge on any atom is -0.476 e. The summed E-state index contributed by atoms with van der Waals surface area (Å²) in [4.78, 5) is 17.3. The number of nitrogens with zero attached hydrogens (tertiary/aromatic N) is 1. The molecule has 1 aromatic heterocycles. The first kappa shape index (κ1) is 9.29. The van der Waals surface area contributed by atoms with Crippen LogP contribution in [0, 0.1) is 4.77 Å². The molecule has 1 aliphatic carbocycles. The molecule has 1 aliphatic rings. The lowest BCUT2D eigenvalue weighted by Crippen LogP contribution is -2.09. The van der Waals surface area contributed by atoms with Crippen molar-refractivity contribution >= 4 is 18.2 Å². The van der Waals surface area contributed by atoms with Crippen LogP contribution in [0.15, 0.2) is 0 Å². The Hall–Kier alpha value is -1.27. The first-order valence-electron chi connectivity index (χ1n) is 4.14. The Morgan fingerprint density at radius 2 is 2.36 bits per heavy atom. The lowest BCUT2D eigenvalue weighted by molar-refractivity contribution is 0.0682. The summed E-state index contributed by atoms with van der Waals surface area (Å²) in [5, 5.41) is 18.4. The van der Waals surface area contributed by atoms with E-state index in [4.69, 9.17) is 17.3 Å². The van der Waals surface area contributed by atoms with E-state index >= 15 is 0 Å². The molecule has 74 valence electrons. The van der Waals surface area contributed by atoms with Crippen LogP contribution in [0.25, 0.3) is 0 Å². The van der Waals surface area contributed by atoms with E-state index in [-0.39, 0.29) is 10.5 Å². The summed E-state index contributed by atoms with van der Waals surface area (Å²) < 4.78 is 0.148. The summed E-state index contributed by atoms with van der Waals surface area (Å²) in [5.41, 5.74) is 0.940. The Labute approximate surface area is 84.4 Å². The number of fused-ring (bicyclic) bond motifs is 1. The fourth-order valence-electron chi connectivity index (χ4n) is 1.67. The molecule has 6 heteroatoms. The molecule has 2 rings (SSSR count). The summed E-state index contributed by atoms with van der Waals surface area (Å²) in [7, 11) is 0. The maximum Gasteiger partial charge on any atom is 0.355 e. The molecule has 0 radical (unpaired) electrons. The van der Waals surface area contributed by atoms with Crippen molar-refractivity contribution < 1.29 is 15.0 Å². The molecule has 0 saturated carbocycles. The van der Waals surface area contributed by atoms with E-state index in [9.17, 15) is 9.90 Å². The third-order valence-electron chi connectivity index (χ3n) is 2.25. The van der Waals surface area contributed by atoms with Gasteiger partial charge in [-0.25, -0.2) is 9.78 Å². The van der Waals surface area contributed by atoms with Gasteiger partial charge in [0.05, 0.1) is 6.10 Å². The molecular formula is C8H8N2O3S. The third-order valence-corrected chi connectivity index (χ3v) is 2.45. The maximum atomic E-state index is 10.8. The van der Waals surface area contributed by atoms with Crippen molar-refractivity contribution in [1.29, 1.82) is 0 Å². The first-order chi connectivity index (χ1) is 6.59. The smallest absolute Gasteiger partial charge is 0.355 e. The number of rotatable bonds is 1. The molecule has 1 atom stereocenters. The molecular weight excluding hydrogens is 204 g/mol. The van der Waals surface area contributed by atoms with Crippen LogP contribution in [0.5, 0.6) is 0 Å². The number of aliphatic hydroxyl groups is 1. The predicted octanol–water partition coefficient (Wildman–Crippen LogP) is 0.817. The van der Waals surface area contributed by atoms with Gasteiger partial charge in [0.2, 0.25) is 0 Å². The molecule has 14 heavy (non-hydrogen) atoms. The van der Waals surface area contributed by atoms with Crippen molar-refractivity contribution in [2.75, 3.05) is 0 Å². The second-order valence-corrected chi connectivity index (χ2v) is 3.53. The van der Waals surface area contributed by atoms with Crippen LogP contribution >= 0.6 is 12.2 Å². The molecule has 1 unspecified atom stereocenters. The molecule has 0 bridgehead atoms. The SMILES string of the molecule is O=C(O)c1nc(=S)[nH]c2c1C(O)CC2. The van der Waals surface area contributed by atoms with Gasteiger partial charge in [0.1, 0.15) is 0 Å². The van der Waals surface area contributed by atoms with E-state index in [0.717, 1.165) is 0 Å². The highest BCUT2D eigenvalue weighted by Crippen LogP contribution is 2.31. The third kappa shape index (κ3) is 1.32. The van der Waals surface area contributed by atoms with Gasteiger partial charge < -0.3 is 15.2 Å². The molecule has 0 fully saturated rings. The quantitative estimate of drug-likeness (QED) is 0.600. The Morgan fingerprint density at radius 3 is 3.00 bits per heavy atom. The monoisotopic (exact) mass is 212 g/mol. The number of H-pyrrole nitrogens is 1. The van der Waals surface area contributed by atoms with Crippen molar-refractivity contribution in [3.8, 4) is 0 Å². The Morgan fingerprint density at radius 1 is 1.64 bits per heavy atom. The number of hydrogen-bond donors (Lipinski definition) is 3. The van der Waals surface area contributed by atoms with Crippen LogP contribution in [-0.4, -0.2) is 26.2 Å². The normalized spacial score (nSPS) is 19.4. The standard InChI is InChI=1S/C8H8N2O3S/c11-4-2-1-3-5(4)6(7(12)13)10-8(14)9-3/h4,11H,1-2H2,(H,12,13)(H,9,10,14). The van der Waals surface area contributed by atoms with E-state index in [2.05, 4.69) is 9.97 Å². The number of aromatic carboxylic acids is 1. The molecule has 0 spiro atoms. The van der Waals surface area contributed by atoms with Gasteiger partial charge in [-0.1, -0.05) is 0 Å². The average molecular weight is 212 g/mol. The number of carbonyl (C=O) groups is 1. The summed E-state index contributed by atoms with van der Waals surface area (Å²) in [6.07, 6.45) is 0.394. The van der Waals surface area contributed by atoms with Gasteiger partial charge in [-0.2, -0.15) is 0 Å². The van der Waals surface area contributed by atoms with Crippen LogP contribution < -0.4 is 0 Å². The summed E-state index contributed by atoms with van der Waals surface area (Å²) >= 11 is 4.79. The molecule has 5 nitrogen and oxygen atoms in total. The highest BCUT2D eigenvalue weighted by Gasteiger charge is 2.28. The van der Waals surface area contributed by atoms with Gasteiger partial charge in [-0.05, 0) is 25.1 Å². The van der Waals surface area contributed by atoms with Gasteiger partial charge in [0.15, 0.2) is 10.5 Å². The molecule has 0 aromatic carbocycles. The minimum atomic E-state index is -1.15. The average Bonchev–Trinajstić information content (AvgIpc) is 2.46. The fraction of sp³-hybridized carbons (Fsp3) is 0.375. The van der Waals surface area contributed by atoms with Crippen LogP contribution in [0.4, 0.5) is 0 Å².